The van der Waals surface area contributed by atoms with Gasteiger partial charge in [0.15, 0.2) is 5.96 Å². The monoisotopic (exact) mass is 408 g/mol. The lowest BCUT2D eigenvalue weighted by molar-refractivity contribution is 0.194. The predicted molar refractivity (Wildman–Crippen MR) is 126 cm³/mol. The van der Waals surface area contributed by atoms with E-state index in [1.165, 1.54) is 5.56 Å². The van der Waals surface area contributed by atoms with Crippen LogP contribution in [0.3, 0.4) is 0 Å². The van der Waals surface area contributed by atoms with Gasteiger partial charge in [0.05, 0.1) is 0 Å². The first-order chi connectivity index (χ1) is 14.8. The van der Waals surface area contributed by atoms with Crippen LogP contribution in [-0.2, 0) is 6.54 Å². The number of aryl methyl sites for hydroxylation is 2. The van der Waals surface area contributed by atoms with Gasteiger partial charge in [-0.05, 0) is 32.3 Å². The van der Waals surface area contributed by atoms with Gasteiger partial charge in [0.25, 0.3) is 0 Å². The van der Waals surface area contributed by atoms with Crippen molar-refractivity contribution >= 4 is 12.0 Å². The van der Waals surface area contributed by atoms with Crippen molar-refractivity contribution in [3.05, 3.63) is 60.2 Å². The molecule has 0 aliphatic carbocycles. The lowest BCUT2D eigenvalue weighted by Gasteiger charge is -2.36. The summed E-state index contributed by atoms with van der Waals surface area (Å²) in [5.41, 5.74) is 1.26. The third-order valence-electron chi connectivity index (χ3n) is 5.47. The average molecular weight is 409 g/mol. The van der Waals surface area contributed by atoms with E-state index < -0.39 is 0 Å². The van der Waals surface area contributed by atoms with Crippen LogP contribution in [-0.4, -0.2) is 71.1 Å². The second-order valence-electron chi connectivity index (χ2n) is 7.71. The number of aliphatic imine (C=N–C) groups is 1. The molecule has 0 unspecified atom stereocenters. The minimum Gasteiger partial charge on any atom is -0.357 e. The van der Waals surface area contributed by atoms with Crippen molar-refractivity contribution in [1.29, 1.82) is 0 Å². The molecule has 6 heteroatoms. The van der Waals surface area contributed by atoms with E-state index in [-0.39, 0.29) is 0 Å². The molecule has 1 N–H and O–H groups in total. The molecule has 2 aromatic rings. The molecule has 1 aromatic heterocycles. The maximum absolute atomic E-state index is 4.88. The van der Waals surface area contributed by atoms with Gasteiger partial charge in [0.1, 0.15) is 5.82 Å². The van der Waals surface area contributed by atoms with E-state index in [0.717, 1.165) is 77.0 Å². The molecule has 1 aliphatic rings. The summed E-state index contributed by atoms with van der Waals surface area (Å²) in [4.78, 5) is 14.1. The van der Waals surface area contributed by atoms with Crippen molar-refractivity contribution in [3.63, 3.8) is 0 Å². The van der Waals surface area contributed by atoms with Gasteiger partial charge in [0.2, 0.25) is 0 Å². The normalized spacial score (nSPS) is 15.8. The van der Waals surface area contributed by atoms with Gasteiger partial charge in [-0.25, -0.2) is 4.98 Å². The van der Waals surface area contributed by atoms with E-state index in [2.05, 4.69) is 87.2 Å². The van der Waals surface area contributed by atoms with Gasteiger partial charge in [-0.15, -0.1) is 0 Å². The number of benzene rings is 1. The molecular weight excluding hydrogens is 372 g/mol. The predicted octanol–water partition coefficient (Wildman–Crippen LogP) is 3.27. The number of imidazole rings is 1. The molecule has 30 heavy (non-hydrogen) atoms. The maximum atomic E-state index is 4.88. The first kappa shape index (κ1) is 22.1. The third-order valence-corrected chi connectivity index (χ3v) is 5.47. The van der Waals surface area contributed by atoms with Crippen LogP contribution in [0.1, 0.15) is 31.2 Å². The summed E-state index contributed by atoms with van der Waals surface area (Å²) < 4.78 is 2.21. The Morgan fingerprint density at radius 2 is 1.93 bits per heavy atom. The second kappa shape index (κ2) is 12.2. The highest BCUT2D eigenvalue weighted by molar-refractivity contribution is 5.80. The largest absolute Gasteiger partial charge is 0.357 e. The van der Waals surface area contributed by atoms with Crippen molar-refractivity contribution in [2.24, 2.45) is 4.99 Å². The van der Waals surface area contributed by atoms with Crippen molar-refractivity contribution < 1.29 is 0 Å². The average Bonchev–Trinajstić information content (AvgIpc) is 3.19. The Morgan fingerprint density at radius 3 is 2.63 bits per heavy atom. The lowest BCUT2D eigenvalue weighted by atomic mass is 10.2. The number of hydrogen-bond acceptors (Lipinski definition) is 3. The summed E-state index contributed by atoms with van der Waals surface area (Å²) in [6.45, 7) is 12.2. The molecule has 1 aliphatic heterocycles. The van der Waals surface area contributed by atoms with Crippen molar-refractivity contribution in [1.82, 2.24) is 24.7 Å². The highest BCUT2D eigenvalue weighted by atomic mass is 15.3. The molecule has 0 bridgehead atoms. The molecule has 6 nitrogen and oxygen atoms in total. The van der Waals surface area contributed by atoms with E-state index in [9.17, 15) is 0 Å². The Morgan fingerprint density at radius 1 is 1.13 bits per heavy atom. The number of hydrogen-bond donors (Lipinski definition) is 1. The molecule has 0 radical (unpaired) electrons. The molecule has 1 saturated heterocycles. The Kier molecular flexibility index (Phi) is 8.97. The van der Waals surface area contributed by atoms with Gasteiger partial charge in [-0.2, -0.15) is 0 Å². The second-order valence-corrected chi connectivity index (χ2v) is 7.71. The fourth-order valence-corrected chi connectivity index (χ4v) is 3.69. The summed E-state index contributed by atoms with van der Waals surface area (Å²) in [7, 11) is 0. The van der Waals surface area contributed by atoms with E-state index in [4.69, 9.17) is 4.99 Å². The van der Waals surface area contributed by atoms with E-state index in [0.29, 0.717) is 0 Å². The molecule has 3 rings (SSSR count). The van der Waals surface area contributed by atoms with Crippen molar-refractivity contribution in [2.75, 3.05) is 45.8 Å². The van der Waals surface area contributed by atoms with E-state index in [1.54, 1.807) is 0 Å². The zero-order valence-corrected chi connectivity index (χ0v) is 18.5. The Hall–Kier alpha value is -2.60. The van der Waals surface area contributed by atoms with Gasteiger partial charge in [0, 0.05) is 64.8 Å². The van der Waals surface area contributed by atoms with Crippen molar-refractivity contribution in [2.45, 2.75) is 33.2 Å². The van der Waals surface area contributed by atoms with Crippen LogP contribution in [0.25, 0.3) is 6.08 Å². The van der Waals surface area contributed by atoms with Crippen LogP contribution in [0.5, 0.6) is 0 Å². The zero-order chi connectivity index (χ0) is 21.0. The van der Waals surface area contributed by atoms with Crippen LogP contribution in [0.4, 0.5) is 0 Å². The third kappa shape index (κ3) is 7.02. The number of nitrogens with one attached hydrogen (secondary N) is 1. The van der Waals surface area contributed by atoms with Crippen LogP contribution < -0.4 is 5.32 Å². The van der Waals surface area contributed by atoms with Gasteiger partial charge < -0.3 is 14.8 Å². The molecule has 1 aromatic carbocycles. The van der Waals surface area contributed by atoms with Crippen LogP contribution in [0.2, 0.25) is 0 Å². The SMILES string of the molecule is CCNC(=NCCCCn1ccnc1C)N1CCN(C/C=C/c2ccccc2)CC1. The van der Waals surface area contributed by atoms with Crippen LogP contribution >= 0.6 is 0 Å². The maximum Gasteiger partial charge on any atom is 0.194 e. The summed E-state index contributed by atoms with van der Waals surface area (Å²) in [6, 6.07) is 10.5. The van der Waals surface area contributed by atoms with E-state index >= 15 is 0 Å². The molecule has 0 atom stereocenters. The molecule has 0 saturated carbocycles. The summed E-state index contributed by atoms with van der Waals surface area (Å²) in [5.74, 6) is 2.15. The number of aromatic nitrogens is 2. The first-order valence-corrected chi connectivity index (χ1v) is 11.2. The Labute approximate surface area is 181 Å². The summed E-state index contributed by atoms with van der Waals surface area (Å²) >= 11 is 0. The van der Waals surface area contributed by atoms with Gasteiger partial charge >= 0.3 is 0 Å². The number of rotatable bonds is 9. The fraction of sp³-hybridized carbons (Fsp3) is 0.500. The minimum absolute atomic E-state index is 0.871. The van der Waals surface area contributed by atoms with Crippen LogP contribution in [0.15, 0.2) is 53.8 Å². The molecule has 0 amide bonds. The lowest BCUT2D eigenvalue weighted by Crippen LogP contribution is -2.52. The molecule has 162 valence electrons. The first-order valence-electron chi connectivity index (χ1n) is 11.2. The Bertz CT molecular complexity index is 787. The molecular formula is C24H36N6. The topological polar surface area (TPSA) is 48.7 Å². The number of piperazine rings is 1. The summed E-state index contributed by atoms with van der Waals surface area (Å²) in [5, 5.41) is 3.47. The van der Waals surface area contributed by atoms with E-state index in [1.807, 2.05) is 6.20 Å². The van der Waals surface area contributed by atoms with Crippen molar-refractivity contribution in [3.8, 4) is 0 Å². The standard InChI is InChI=1S/C24H36N6/c1-3-25-24(27-13-7-8-16-29-17-14-26-22(29)2)30-20-18-28(19-21-30)15-9-12-23-10-5-4-6-11-23/h4-6,9-12,14,17H,3,7-8,13,15-16,18-21H2,1-2H3,(H,25,27)/b12-9+. The number of unbranched alkanes of at least 4 members (excludes halogenated alkanes) is 1. The fourth-order valence-electron chi connectivity index (χ4n) is 3.69. The molecule has 2 heterocycles. The number of guanidine groups is 1. The number of nitrogens with zero attached hydrogens (tertiary/aromatic N) is 5. The van der Waals surface area contributed by atoms with Gasteiger partial charge in [-0.1, -0.05) is 42.5 Å². The molecule has 1 fully saturated rings. The quantitative estimate of drug-likeness (QED) is 0.393. The highest BCUT2D eigenvalue weighted by Crippen LogP contribution is 2.06. The summed E-state index contributed by atoms with van der Waals surface area (Å²) in [6.07, 6.45) is 10.6. The highest BCUT2D eigenvalue weighted by Gasteiger charge is 2.18. The Balaban J connectivity index is 1.39. The minimum atomic E-state index is 0.871. The zero-order valence-electron chi connectivity index (χ0n) is 18.5. The van der Waals surface area contributed by atoms with Crippen LogP contribution in [0, 0.1) is 6.92 Å². The van der Waals surface area contributed by atoms with Gasteiger partial charge in [-0.3, -0.25) is 9.89 Å². The molecule has 0 spiro atoms. The smallest absolute Gasteiger partial charge is 0.194 e.